The van der Waals surface area contributed by atoms with Crippen LogP contribution in [0.25, 0.3) is 0 Å². The first kappa shape index (κ1) is 19.9. The number of hydrogen-bond donors (Lipinski definition) is 1. The van der Waals surface area contributed by atoms with Crippen molar-refractivity contribution in [2.45, 2.75) is 51.9 Å². The molecule has 0 heterocycles. The third kappa shape index (κ3) is 16.8. The van der Waals surface area contributed by atoms with Gasteiger partial charge >= 0.3 is 11.9 Å². The van der Waals surface area contributed by atoms with E-state index in [0.717, 1.165) is 25.7 Å². The molecular weight excluding hydrogens is 276 g/mol. The zero-order valence-corrected chi connectivity index (χ0v) is 13.0. The molecule has 0 aliphatic heterocycles. The van der Waals surface area contributed by atoms with Crippen LogP contribution in [0, 0.1) is 0 Å². The van der Waals surface area contributed by atoms with Crippen molar-refractivity contribution in [3.05, 3.63) is 0 Å². The number of esters is 1. The van der Waals surface area contributed by atoms with Gasteiger partial charge in [-0.15, -0.1) is 0 Å². The maximum Gasteiger partial charge on any atom is 0.305 e. The second kappa shape index (κ2) is 15.3. The minimum absolute atomic E-state index is 0.200. The van der Waals surface area contributed by atoms with Crippen LogP contribution in [0.5, 0.6) is 0 Å². The highest BCUT2D eigenvalue weighted by atomic mass is 16.6. The third-order valence-corrected chi connectivity index (χ3v) is 2.84. The zero-order valence-electron chi connectivity index (χ0n) is 13.0. The van der Waals surface area contributed by atoms with Gasteiger partial charge in [-0.2, -0.15) is 0 Å². The van der Waals surface area contributed by atoms with E-state index in [1.807, 2.05) is 6.92 Å². The number of carbonyl (C=O) groups is 2. The van der Waals surface area contributed by atoms with Crippen molar-refractivity contribution in [1.82, 2.24) is 0 Å². The lowest BCUT2D eigenvalue weighted by atomic mass is 10.1. The fraction of sp³-hybridized carbons (Fsp3) is 0.867. The van der Waals surface area contributed by atoms with E-state index in [1.54, 1.807) is 0 Å². The molecule has 0 bridgehead atoms. The number of aliphatic carboxylic acids is 1. The van der Waals surface area contributed by atoms with E-state index in [1.165, 1.54) is 0 Å². The molecule has 0 radical (unpaired) electrons. The topological polar surface area (TPSA) is 82.1 Å². The lowest BCUT2D eigenvalue weighted by Gasteiger charge is -2.06. The summed E-state index contributed by atoms with van der Waals surface area (Å²) in [5.74, 6) is -0.948. The normalized spacial score (nSPS) is 10.5. The number of carbonyl (C=O) groups excluding carboxylic acids is 1. The summed E-state index contributed by atoms with van der Waals surface area (Å²) < 4.78 is 15.4. The van der Waals surface area contributed by atoms with Crippen molar-refractivity contribution in [3.63, 3.8) is 0 Å². The zero-order chi connectivity index (χ0) is 15.8. The molecule has 0 amide bonds. The van der Waals surface area contributed by atoms with Crippen molar-refractivity contribution < 1.29 is 28.9 Å². The van der Waals surface area contributed by atoms with E-state index in [0.29, 0.717) is 39.3 Å². The third-order valence-electron chi connectivity index (χ3n) is 2.84. The predicted molar refractivity (Wildman–Crippen MR) is 78.2 cm³/mol. The Morgan fingerprint density at radius 1 is 0.810 bits per heavy atom. The average Bonchev–Trinajstić information content (AvgIpc) is 2.45. The lowest BCUT2D eigenvalue weighted by Crippen LogP contribution is -2.12. The summed E-state index contributed by atoms with van der Waals surface area (Å²) in [5, 5.41) is 8.47. The first-order chi connectivity index (χ1) is 10.2. The van der Waals surface area contributed by atoms with Gasteiger partial charge in [0.25, 0.3) is 0 Å². The standard InChI is InChI=1S/C15H28O6/c1-2-19-10-11-20-12-13-21-15(18)9-7-5-3-4-6-8-14(16)17/h2-13H2,1H3,(H,16,17). The van der Waals surface area contributed by atoms with Crippen molar-refractivity contribution in [2.24, 2.45) is 0 Å². The Labute approximate surface area is 126 Å². The number of hydrogen-bond acceptors (Lipinski definition) is 5. The molecule has 6 heteroatoms. The van der Waals surface area contributed by atoms with Gasteiger partial charge in [-0.05, 0) is 19.8 Å². The van der Waals surface area contributed by atoms with Gasteiger partial charge in [0.15, 0.2) is 0 Å². The minimum atomic E-state index is -0.748. The molecule has 1 N–H and O–H groups in total. The molecule has 0 atom stereocenters. The van der Waals surface area contributed by atoms with Gasteiger partial charge in [0.1, 0.15) is 6.61 Å². The smallest absolute Gasteiger partial charge is 0.305 e. The van der Waals surface area contributed by atoms with Gasteiger partial charge in [-0.25, -0.2) is 0 Å². The largest absolute Gasteiger partial charge is 0.481 e. The van der Waals surface area contributed by atoms with Gasteiger partial charge in [0, 0.05) is 19.4 Å². The minimum Gasteiger partial charge on any atom is -0.481 e. The lowest BCUT2D eigenvalue weighted by molar-refractivity contribution is -0.145. The van der Waals surface area contributed by atoms with Crippen LogP contribution >= 0.6 is 0 Å². The van der Waals surface area contributed by atoms with Crippen LogP contribution in [-0.4, -0.2) is 50.1 Å². The fourth-order valence-corrected chi connectivity index (χ4v) is 1.73. The van der Waals surface area contributed by atoms with Crippen molar-refractivity contribution in [2.75, 3.05) is 33.0 Å². The van der Waals surface area contributed by atoms with Gasteiger partial charge in [0.05, 0.1) is 19.8 Å². The van der Waals surface area contributed by atoms with E-state index in [9.17, 15) is 9.59 Å². The quantitative estimate of drug-likeness (QED) is 0.369. The molecule has 21 heavy (non-hydrogen) atoms. The van der Waals surface area contributed by atoms with Gasteiger partial charge in [0.2, 0.25) is 0 Å². The van der Waals surface area contributed by atoms with Crippen LogP contribution < -0.4 is 0 Å². The van der Waals surface area contributed by atoms with E-state index < -0.39 is 5.97 Å². The summed E-state index contributed by atoms with van der Waals surface area (Å²) in [6.07, 6.45) is 4.93. The fourth-order valence-electron chi connectivity index (χ4n) is 1.73. The molecule has 6 nitrogen and oxygen atoms in total. The van der Waals surface area contributed by atoms with Gasteiger partial charge < -0.3 is 19.3 Å². The summed E-state index contributed by atoms with van der Waals surface area (Å²) >= 11 is 0. The monoisotopic (exact) mass is 304 g/mol. The molecular formula is C15H28O6. The average molecular weight is 304 g/mol. The number of rotatable bonds is 15. The number of carboxylic acids is 1. The second-order valence-corrected chi connectivity index (χ2v) is 4.69. The van der Waals surface area contributed by atoms with Crippen LogP contribution in [0.2, 0.25) is 0 Å². The van der Waals surface area contributed by atoms with Crippen molar-refractivity contribution >= 4 is 11.9 Å². The molecule has 0 aliphatic rings. The highest BCUT2D eigenvalue weighted by Crippen LogP contribution is 2.07. The molecule has 0 unspecified atom stereocenters. The van der Waals surface area contributed by atoms with Crippen LogP contribution in [0.1, 0.15) is 51.9 Å². The van der Waals surface area contributed by atoms with E-state index in [4.69, 9.17) is 19.3 Å². The Morgan fingerprint density at radius 2 is 1.38 bits per heavy atom. The van der Waals surface area contributed by atoms with Crippen LogP contribution in [-0.2, 0) is 23.8 Å². The molecule has 0 fully saturated rings. The van der Waals surface area contributed by atoms with Crippen LogP contribution in [0.3, 0.4) is 0 Å². The van der Waals surface area contributed by atoms with E-state index >= 15 is 0 Å². The molecule has 124 valence electrons. The molecule has 0 saturated heterocycles. The summed E-state index contributed by atoms with van der Waals surface area (Å²) in [7, 11) is 0. The van der Waals surface area contributed by atoms with E-state index in [-0.39, 0.29) is 19.0 Å². The SMILES string of the molecule is CCOCCOCCOC(=O)CCCCCCCC(=O)O. The maximum absolute atomic E-state index is 11.4. The Kier molecular flexibility index (Phi) is 14.4. The Morgan fingerprint density at radius 3 is 2.05 bits per heavy atom. The van der Waals surface area contributed by atoms with Crippen LogP contribution in [0.15, 0.2) is 0 Å². The number of ether oxygens (including phenoxy) is 3. The number of unbranched alkanes of at least 4 members (excludes halogenated alkanes) is 4. The van der Waals surface area contributed by atoms with Crippen molar-refractivity contribution in [1.29, 1.82) is 0 Å². The highest BCUT2D eigenvalue weighted by molar-refractivity contribution is 5.69. The van der Waals surface area contributed by atoms with Gasteiger partial charge in [-0.1, -0.05) is 19.3 Å². The molecule has 0 aromatic rings. The second-order valence-electron chi connectivity index (χ2n) is 4.69. The first-order valence-electron chi connectivity index (χ1n) is 7.69. The number of carboxylic acid groups (broad SMARTS) is 1. The summed E-state index contributed by atoms with van der Waals surface area (Å²) in [5.41, 5.74) is 0. The van der Waals surface area contributed by atoms with Crippen LogP contribution in [0.4, 0.5) is 0 Å². The van der Waals surface area contributed by atoms with Gasteiger partial charge in [-0.3, -0.25) is 9.59 Å². The highest BCUT2D eigenvalue weighted by Gasteiger charge is 2.03. The van der Waals surface area contributed by atoms with E-state index in [2.05, 4.69) is 0 Å². The Balaban J connectivity index is 3.18. The molecule has 0 aromatic heterocycles. The molecule has 0 rings (SSSR count). The predicted octanol–water partition coefficient (Wildman–Crippen LogP) is 2.40. The Bertz CT molecular complexity index is 267. The molecule has 0 aromatic carbocycles. The van der Waals surface area contributed by atoms with Crippen molar-refractivity contribution in [3.8, 4) is 0 Å². The Hall–Kier alpha value is -1.14. The summed E-state index contributed by atoms with van der Waals surface area (Å²) in [6, 6.07) is 0. The molecule has 0 aliphatic carbocycles. The first-order valence-corrected chi connectivity index (χ1v) is 7.69. The molecule has 0 saturated carbocycles. The summed E-state index contributed by atoms with van der Waals surface area (Å²) in [4.78, 5) is 21.7. The maximum atomic E-state index is 11.4. The summed E-state index contributed by atoms with van der Waals surface area (Å²) in [6.45, 7) is 4.36. The molecule has 0 spiro atoms.